The molecule has 0 bridgehead atoms. The van der Waals surface area contributed by atoms with Crippen LogP contribution in [0.1, 0.15) is 50.0 Å². The Morgan fingerprint density at radius 1 is 1.15 bits per heavy atom. The number of benzene rings is 1. The molecule has 26 heavy (non-hydrogen) atoms. The van der Waals surface area contributed by atoms with Gasteiger partial charge in [0.25, 0.3) is 5.91 Å². The minimum atomic E-state index is -0.209. The second-order valence-corrected chi connectivity index (χ2v) is 6.37. The molecule has 0 spiro atoms. The van der Waals surface area contributed by atoms with Crippen molar-refractivity contribution in [2.24, 2.45) is 0 Å². The van der Waals surface area contributed by atoms with Crippen molar-refractivity contribution in [2.75, 3.05) is 28.6 Å². The second kappa shape index (κ2) is 9.17. The summed E-state index contributed by atoms with van der Waals surface area (Å²) >= 11 is 0. The van der Waals surface area contributed by atoms with Crippen LogP contribution in [-0.4, -0.2) is 35.0 Å². The highest BCUT2D eigenvalue weighted by Crippen LogP contribution is 2.23. The van der Waals surface area contributed by atoms with Crippen LogP contribution in [0.5, 0.6) is 0 Å². The van der Waals surface area contributed by atoms with E-state index in [2.05, 4.69) is 59.3 Å². The molecule has 1 aromatic carbocycles. The number of hydrogen-bond acceptors (Lipinski definition) is 5. The lowest BCUT2D eigenvalue weighted by atomic mass is 10.1. The maximum atomic E-state index is 12.5. The number of rotatable bonds is 8. The molecule has 0 aliphatic rings. The highest BCUT2D eigenvalue weighted by atomic mass is 16.1. The first-order valence-electron chi connectivity index (χ1n) is 9.23. The quantitative estimate of drug-likeness (QED) is 0.746. The number of hydrogen-bond donors (Lipinski definition) is 2. The van der Waals surface area contributed by atoms with Crippen LogP contribution in [0.25, 0.3) is 0 Å². The van der Waals surface area contributed by atoms with Crippen LogP contribution in [0, 0.1) is 6.92 Å². The van der Waals surface area contributed by atoms with E-state index in [4.69, 9.17) is 0 Å². The van der Waals surface area contributed by atoms with Crippen LogP contribution < -0.4 is 15.5 Å². The molecule has 0 saturated carbocycles. The standard InChI is InChI=1S/C20H29N5O/c1-6-15(5)23-20-21-12-16(13-22-20)19(26)24-18-10-9-17(11-14(18)4)25(7-2)8-3/h9-13,15H,6-8H2,1-5H3,(H,24,26)(H,21,22,23). The number of amides is 1. The monoisotopic (exact) mass is 355 g/mol. The normalized spacial score (nSPS) is 11.7. The highest BCUT2D eigenvalue weighted by molar-refractivity contribution is 6.04. The van der Waals surface area contributed by atoms with E-state index in [9.17, 15) is 4.79 Å². The van der Waals surface area contributed by atoms with Gasteiger partial charge in [0.1, 0.15) is 0 Å². The Bertz CT molecular complexity index is 725. The lowest BCUT2D eigenvalue weighted by Gasteiger charge is -2.22. The van der Waals surface area contributed by atoms with Crippen molar-refractivity contribution in [1.29, 1.82) is 0 Å². The Hall–Kier alpha value is -2.63. The van der Waals surface area contributed by atoms with Crippen molar-refractivity contribution >= 4 is 23.2 Å². The van der Waals surface area contributed by atoms with Crippen molar-refractivity contribution in [3.05, 3.63) is 41.7 Å². The van der Waals surface area contributed by atoms with E-state index in [1.54, 1.807) is 12.4 Å². The largest absolute Gasteiger partial charge is 0.372 e. The number of nitrogens with one attached hydrogen (secondary N) is 2. The third-order valence-corrected chi connectivity index (χ3v) is 4.49. The predicted octanol–water partition coefficient (Wildman–Crippen LogP) is 4.09. The van der Waals surface area contributed by atoms with Crippen LogP contribution >= 0.6 is 0 Å². The van der Waals surface area contributed by atoms with Crippen LogP contribution in [0.4, 0.5) is 17.3 Å². The van der Waals surface area contributed by atoms with Crippen LogP contribution in [0.15, 0.2) is 30.6 Å². The topological polar surface area (TPSA) is 70.2 Å². The first-order chi connectivity index (χ1) is 12.5. The van der Waals surface area contributed by atoms with Gasteiger partial charge in [-0.1, -0.05) is 6.92 Å². The molecule has 0 radical (unpaired) electrons. The number of carbonyl (C=O) groups is 1. The predicted molar refractivity (Wildman–Crippen MR) is 108 cm³/mol. The average molecular weight is 355 g/mol. The van der Waals surface area contributed by atoms with Gasteiger partial charge in [0.15, 0.2) is 0 Å². The summed E-state index contributed by atoms with van der Waals surface area (Å²) in [4.78, 5) is 23.2. The summed E-state index contributed by atoms with van der Waals surface area (Å²) in [6, 6.07) is 6.37. The zero-order chi connectivity index (χ0) is 19.1. The van der Waals surface area contributed by atoms with E-state index in [0.29, 0.717) is 17.6 Å². The van der Waals surface area contributed by atoms with E-state index < -0.39 is 0 Å². The molecule has 2 rings (SSSR count). The zero-order valence-electron chi connectivity index (χ0n) is 16.3. The Labute approximate surface area is 156 Å². The van der Waals surface area contributed by atoms with Crippen LogP contribution in [0.3, 0.4) is 0 Å². The third-order valence-electron chi connectivity index (χ3n) is 4.49. The third kappa shape index (κ3) is 4.94. The fourth-order valence-corrected chi connectivity index (χ4v) is 2.61. The molecule has 0 saturated heterocycles. The van der Waals surface area contributed by atoms with Gasteiger partial charge in [-0.15, -0.1) is 0 Å². The molecule has 6 heteroatoms. The van der Waals surface area contributed by atoms with Gasteiger partial charge in [0.2, 0.25) is 5.95 Å². The first-order valence-corrected chi connectivity index (χ1v) is 9.23. The summed E-state index contributed by atoms with van der Waals surface area (Å²) in [6.45, 7) is 12.3. The fraction of sp³-hybridized carbons (Fsp3) is 0.450. The van der Waals surface area contributed by atoms with Crippen LogP contribution in [-0.2, 0) is 0 Å². The SMILES string of the molecule is CCC(C)Nc1ncc(C(=O)Nc2ccc(N(CC)CC)cc2C)cn1. The first kappa shape index (κ1) is 19.7. The summed E-state index contributed by atoms with van der Waals surface area (Å²) in [5.41, 5.74) is 3.42. The van der Waals surface area contributed by atoms with Gasteiger partial charge in [-0.2, -0.15) is 0 Å². The Balaban J connectivity index is 2.07. The molecular formula is C20H29N5O. The Morgan fingerprint density at radius 2 is 1.81 bits per heavy atom. The number of aryl methyl sites for hydroxylation is 1. The maximum Gasteiger partial charge on any atom is 0.258 e. The zero-order valence-corrected chi connectivity index (χ0v) is 16.3. The van der Waals surface area contributed by atoms with Gasteiger partial charge in [0.05, 0.1) is 5.56 Å². The molecule has 0 fully saturated rings. The van der Waals surface area contributed by atoms with Gasteiger partial charge >= 0.3 is 0 Å². The molecule has 1 heterocycles. The van der Waals surface area contributed by atoms with E-state index >= 15 is 0 Å². The molecule has 1 atom stereocenters. The van der Waals surface area contributed by atoms with Crippen molar-refractivity contribution in [2.45, 2.75) is 47.1 Å². The highest BCUT2D eigenvalue weighted by Gasteiger charge is 2.11. The summed E-state index contributed by atoms with van der Waals surface area (Å²) < 4.78 is 0. The summed E-state index contributed by atoms with van der Waals surface area (Å²) in [6.07, 6.45) is 4.08. The number of anilines is 3. The van der Waals surface area contributed by atoms with Crippen molar-refractivity contribution in [1.82, 2.24) is 9.97 Å². The van der Waals surface area contributed by atoms with Crippen LogP contribution in [0.2, 0.25) is 0 Å². The van der Waals surface area contributed by atoms with Gasteiger partial charge in [-0.3, -0.25) is 4.79 Å². The van der Waals surface area contributed by atoms with Gasteiger partial charge in [-0.25, -0.2) is 9.97 Å². The van der Waals surface area contributed by atoms with E-state index in [0.717, 1.165) is 36.4 Å². The van der Waals surface area contributed by atoms with Gasteiger partial charge < -0.3 is 15.5 Å². The minimum Gasteiger partial charge on any atom is -0.372 e. The average Bonchev–Trinajstić information content (AvgIpc) is 2.65. The molecule has 0 aliphatic carbocycles. The molecule has 1 aromatic heterocycles. The smallest absolute Gasteiger partial charge is 0.258 e. The van der Waals surface area contributed by atoms with Crippen molar-refractivity contribution < 1.29 is 4.79 Å². The molecule has 140 valence electrons. The second-order valence-electron chi connectivity index (χ2n) is 6.37. The molecule has 6 nitrogen and oxygen atoms in total. The molecule has 1 unspecified atom stereocenters. The molecule has 2 aromatic rings. The maximum absolute atomic E-state index is 12.5. The van der Waals surface area contributed by atoms with Gasteiger partial charge in [-0.05, 0) is 57.9 Å². The van der Waals surface area contributed by atoms with Crippen molar-refractivity contribution in [3.63, 3.8) is 0 Å². The number of nitrogens with zero attached hydrogens (tertiary/aromatic N) is 3. The molecule has 0 aliphatic heterocycles. The van der Waals surface area contributed by atoms with E-state index in [-0.39, 0.29) is 5.91 Å². The molecular weight excluding hydrogens is 326 g/mol. The summed E-state index contributed by atoms with van der Waals surface area (Å²) in [7, 11) is 0. The summed E-state index contributed by atoms with van der Waals surface area (Å²) in [5.74, 6) is 0.328. The van der Waals surface area contributed by atoms with E-state index in [1.165, 1.54) is 0 Å². The Morgan fingerprint density at radius 3 is 2.35 bits per heavy atom. The van der Waals surface area contributed by atoms with Gasteiger partial charge in [0, 0.05) is 42.9 Å². The fourth-order valence-electron chi connectivity index (χ4n) is 2.61. The molecule has 2 N–H and O–H groups in total. The van der Waals surface area contributed by atoms with Crippen molar-refractivity contribution in [3.8, 4) is 0 Å². The number of carbonyl (C=O) groups excluding carboxylic acids is 1. The molecule has 1 amide bonds. The Kier molecular flexibility index (Phi) is 6.95. The number of aromatic nitrogens is 2. The lowest BCUT2D eigenvalue weighted by Crippen LogP contribution is -2.22. The van der Waals surface area contributed by atoms with E-state index in [1.807, 2.05) is 19.1 Å². The summed E-state index contributed by atoms with van der Waals surface area (Å²) in [5, 5.41) is 6.13. The minimum absolute atomic E-state index is 0.209. The lowest BCUT2D eigenvalue weighted by molar-refractivity contribution is 0.102.